The summed E-state index contributed by atoms with van der Waals surface area (Å²) in [7, 11) is 3.17. The predicted molar refractivity (Wildman–Crippen MR) is 130 cm³/mol. The van der Waals surface area contributed by atoms with Crippen molar-refractivity contribution in [3.8, 4) is 5.75 Å². The molecule has 0 saturated heterocycles. The van der Waals surface area contributed by atoms with Crippen molar-refractivity contribution >= 4 is 24.3 Å². The van der Waals surface area contributed by atoms with Gasteiger partial charge >= 0.3 is 6.03 Å². The first-order valence-corrected chi connectivity index (χ1v) is 10.8. The minimum Gasteiger partial charge on any atom is -0.497 e. The Morgan fingerprint density at radius 3 is 2.43 bits per heavy atom. The lowest BCUT2D eigenvalue weighted by molar-refractivity contribution is -0.115. The molecule has 0 unspecified atom stereocenters. The van der Waals surface area contributed by atoms with E-state index in [9.17, 15) is 14.0 Å². The van der Waals surface area contributed by atoms with Crippen LogP contribution in [-0.4, -0.2) is 58.5 Å². The van der Waals surface area contributed by atoms with Gasteiger partial charge in [0.2, 0.25) is 12.4 Å². The van der Waals surface area contributed by atoms with E-state index in [0.717, 1.165) is 11.1 Å². The molecular weight excluding hydrogens is 453 g/mol. The number of nitrogens with one attached hydrogen (secondary N) is 1. The molecule has 0 aliphatic rings. The smallest absolute Gasteiger partial charge is 0.324 e. The average molecular weight is 482 g/mol. The molecule has 0 fully saturated rings. The van der Waals surface area contributed by atoms with E-state index in [1.54, 1.807) is 55.4 Å². The SMILES string of the molecule is COc1ccc(CN(C=O)C(=NCCn2ccnc2N)NC(=O)N(C)Cc2ccc(F)cc2)cc1. The highest BCUT2D eigenvalue weighted by molar-refractivity contribution is 6.00. The molecular formula is C24H28FN7O3. The van der Waals surface area contributed by atoms with Gasteiger partial charge in [-0.3, -0.25) is 20.0 Å². The summed E-state index contributed by atoms with van der Waals surface area (Å²) < 4.78 is 20.1. The van der Waals surface area contributed by atoms with E-state index in [2.05, 4.69) is 15.3 Å². The molecule has 11 heteroatoms. The van der Waals surface area contributed by atoms with E-state index < -0.39 is 6.03 Å². The number of hydrogen-bond acceptors (Lipinski definition) is 6. The maximum absolute atomic E-state index is 13.2. The van der Waals surface area contributed by atoms with E-state index in [0.29, 0.717) is 24.7 Å². The van der Waals surface area contributed by atoms with Crippen molar-refractivity contribution in [1.82, 2.24) is 24.7 Å². The average Bonchev–Trinajstić information content (AvgIpc) is 3.28. The maximum Gasteiger partial charge on any atom is 0.324 e. The summed E-state index contributed by atoms with van der Waals surface area (Å²) in [6, 6.07) is 12.6. The first kappa shape index (κ1) is 25.2. The van der Waals surface area contributed by atoms with Crippen LogP contribution in [0.1, 0.15) is 11.1 Å². The lowest BCUT2D eigenvalue weighted by Crippen LogP contribution is -2.47. The van der Waals surface area contributed by atoms with Gasteiger partial charge in [-0.2, -0.15) is 0 Å². The summed E-state index contributed by atoms with van der Waals surface area (Å²) in [5.41, 5.74) is 7.37. The number of benzene rings is 2. The summed E-state index contributed by atoms with van der Waals surface area (Å²) >= 11 is 0. The molecule has 3 aromatic rings. The number of anilines is 1. The number of hydrogen-bond donors (Lipinski definition) is 2. The number of urea groups is 1. The molecule has 3 N–H and O–H groups in total. The van der Waals surface area contributed by atoms with E-state index >= 15 is 0 Å². The number of carbonyl (C=O) groups is 2. The van der Waals surface area contributed by atoms with Gasteiger partial charge in [0.25, 0.3) is 0 Å². The number of nitrogen functional groups attached to an aromatic ring is 1. The summed E-state index contributed by atoms with van der Waals surface area (Å²) in [6.45, 7) is 1.07. The third-order valence-corrected chi connectivity index (χ3v) is 5.16. The monoisotopic (exact) mass is 481 g/mol. The van der Waals surface area contributed by atoms with Crippen molar-refractivity contribution in [3.05, 3.63) is 77.9 Å². The van der Waals surface area contributed by atoms with Crippen molar-refractivity contribution < 1.29 is 18.7 Å². The second-order valence-electron chi connectivity index (χ2n) is 7.68. The number of imidazole rings is 1. The van der Waals surface area contributed by atoms with E-state index in [4.69, 9.17) is 10.5 Å². The summed E-state index contributed by atoms with van der Waals surface area (Å²) in [6.07, 6.45) is 3.90. The number of guanidine groups is 1. The highest BCUT2D eigenvalue weighted by Crippen LogP contribution is 2.13. The van der Waals surface area contributed by atoms with Gasteiger partial charge in [0.1, 0.15) is 11.6 Å². The van der Waals surface area contributed by atoms with Crippen LogP contribution in [0.4, 0.5) is 15.1 Å². The fourth-order valence-electron chi connectivity index (χ4n) is 3.21. The van der Waals surface area contributed by atoms with Gasteiger partial charge in [-0.05, 0) is 35.4 Å². The quantitative estimate of drug-likeness (QED) is 0.277. The molecule has 0 bridgehead atoms. The molecule has 0 spiro atoms. The van der Waals surface area contributed by atoms with E-state index in [1.807, 2.05) is 12.1 Å². The molecule has 1 aromatic heterocycles. The fraction of sp³-hybridized carbons (Fsp3) is 0.250. The minimum absolute atomic E-state index is 0.0884. The van der Waals surface area contributed by atoms with Crippen molar-refractivity contribution in [3.63, 3.8) is 0 Å². The van der Waals surface area contributed by atoms with Gasteiger partial charge in [0.05, 0.1) is 20.2 Å². The zero-order valence-electron chi connectivity index (χ0n) is 19.6. The molecule has 1 heterocycles. The summed E-state index contributed by atoms with van der Waals surface area (Å²) in [5, 5.41) is 2.71. The number of halogens is 1. The molecule has 184 valence electrons. The molecule has 0 radical (unpaired) electrons. The number of nitrogens with two attached hydrogens (primary N) is 1. The Labute approximate surface area is 202 Å². The third kappa shape index (κ3) is 7.29. The predicted octanol–water partition coefficient (Wildman–Crippen LogP) is 2.47. The number of rotatable bonds is 9. The minimum atomic E-state index is -0.475. The molecule has 35 heavy (non-hydrogen) atoms. The summed E-state index contributed by atoms with van der Waals surface area (Å²) in [5.74, 6) is 0.767. The van der Waals surface area contributed by atoms with Crippen LogP contribution in [0.2, 0.25) is 0 Å². The Hall–Kier alpha value is -4.41. The van der Waals surface area contributed by atoms with Crippen LogP contribution in [0.25, 0.3) is 0 Å². The first-order chi connectivity index (χ1) is 16.9. The second kappa shape index (κ2) is 12.2. The third-order valence-electron chi connectivity index (χ3n) is 5.16. The van der Waals surface area contributed by atoms with Gasteiger partial charge in [-0.15, -0.1) is 0 Å². The highest BCUT2D eigenvalue weighted by Gasteiger charge is 2.18. The fourth-order valence-corrected chi connectivity index (χ4v) is 3.21. The molecule has 0 atom stereocenters. The molecule has 10 nitrogen and oxygen atoms in total. The number of aromatic nitrogens is 2. The van der Waals surface area contributed by atoms with Crippen LogP contribution in [0.15, 0.2) is 65.9 Å². The van der Waals surface area contributed by atoms with Crippen molar-refractivity contribution in [1.29, 1.82) is 0 Å². The molecule has 3 amide bonds. The standard InChI is InChI=1S/C24H28FN7O3/c1-30(15-18-3-7-20(25)8-4-18)24(34)29-23(28-12-14-31-13-11-27-22(31)26)32(17-33)16-19-5-9-21(35-2)10-6-19/h3-11,13,17H,12,14-16H2,1-2H3,(H2,26,27)(H,28,29,34). The Morgan fingerprint density at radius 1 is 1.17 bits per heavy atom. The van der Waals surface area contributed by atoms with Crippen LogP contribution < -0.4 is 15.8 Å². The van der Waals surface area contributed by atoms with Gasteiger partial charge in [0.15, 0.2) is 5.95 Å². The van der Waals surface area contributed by atoms with Crippen LogP contribution in [0.5, 0.6) is 5.75 Å². The Morgan fingerprint density at radius 2 is 1.83 bits per heavy atom. The molecule has 3 rings (SSSR count). The van der Waals surface area contributed by atoms with Crippen LogP contribution in [0.3, 0.4) is 0 Å². The van der Waals surface area contributed by atoms with Crippen LogP contribution >= 0.6 is 0 Å². The Kier molecular flexibility index (Phi) is 8.76. The highest BCUT2D eigenvalue weighted by atomic mass is 19.1. The number of carbonyl (C=O) groups excluding carboxylic acids is 2. The number of nitrogens with zero attached hydrogens (tertiary/aromatic N) is 5. The maximum atomic E-state index is 13.2. The normalized spacial score (nSPS) is 11.1. The Balaban J connectivity index is 1.74. The number of amides is 3. The largest absolute Gasteiger partial charge is 0.497 e. The lowest BCUT2D eigenvalue weighted by Gasteiger charge is -2.24. The Bertz CT molecular complexity index is 1150. The second-order valence-corrected chi connectivity index (χ2v) is 7.68. The lowest BCUT2D eigenvalue weighted by atomic mass is 10.2. The van der Waals surface area contributed by atoms with Crippen molar-refractivity contribution in [2.24, 2.45) is 4.99 Å². The van der Waals surface area contributed by atoms with E-state index in [-0.39, 0.29) is 31.4 Å². The summed E-state index contributed by atoms with van der Waals surface area (Å²) in [4.78, 5) is 36.0. The van der Waals surface area contributed by atoms with Gasteiger partial charge < -0.3 is 19.9 Å². The topological polar surface area (TPSA) is 118 Å². The number of aliphatic imine (C=N–C) groups is 1. The number of methoxy groups -OCH3 is 1. The van der Waals surface area contributed by atoms with Crippen molar-refractivity contribution in [2.75, 3.05) is 26.4 Å². The number of ether oxygens (including phenoxy) is 1. The molecule has 0 saturated carbocycles. The van der Waals surface area contributed by atoms with Crippen molar-refractivity contribution in [2.45, 2.75) is 19.6 Å². The van der Waals surface area contributed by atoms with Gasteiger partial charge in [-0.25, -0.2) is 14.2 Å². The molecule has 2 aromatic carbocycles. The van der Waals surface area contributed by atoms with Crippen LogP contribution in [0, 0.1) is 5.82 Å². The molecule has 0 aliphatic carbocycles. The zero-order chi connectivity index (χ0) is 25.2. The van der Waals surface area contributed by atoms with Gasteiger partial charge in [-0.1, -0.05) is 24.3 Å². The van der Waals surface area contributed by atoms with Gasteiger partial charge in [0, 0.05) is 32.5 Å². The van der Waals surface area contributed by atoms with E-state index in [1.165, 1.54) is 21.9 Å². The van der Waals surface area contributed by atoms with Crippen LogP contribution in [-0.2, 0) is 24.4 Å². The zero-order valence-corrected chi connectivity index (χ0v) is 19.6. The molecule has 0 aliphatic heterocycles. The first-order valence-electron chi connectivity index (χ1n) is 10.8.